The molecule has 6 nitrogen and oxygen atoms in total. The van der Waals surface area contributed by atoms with Crippen LogP contribution in [0.3, 0.4) is 0 Å². The lowest BCUT2D eigenvalue weighted by atomic mass is 10.0. The molecule has 1 amide bonds. The fourth-order valence-electron chi connectivity index (χ4n) is 3.05. The highest BCUT2D eigenvalue weighted by atomic mass is 19.4. The maximum absolute atomic E-state index is 12.6. The van der Waals surface area contributed by atoms with Crippen molar-refractivity contribution in [1.82, 2.24) is 9.55 Å². The average molecular weight is 363 g/mol. The molecule has 0 unspecified atom stereocenters. The summed E-state index contributed by atoms with van der Waals surface area (Å²) in [7, 11) is 0. The molecule has 1 aliphatic carbocycles. The molecule has 2 aromatic rings. The highest BCUT2D eigenvalue weighted by Crippen LogP contribution is 2.32. The first-order valence-corrected chi connectivity index (χ1v) is 7.90. The first-order chi connectivity index (χ1) is 12.2. The Bertz CT molecular complexity index is 931. The number of carbonyl (C=O) groups is 1. The Labute approximate surface area is 146 Å². The van der Waals surface area contributed by atoms with Gasteiger partial charge in [0.2, 0.25) is 0 Å². The van der Waals surface area contributed by atoms with Crippen molar-refractivity contribution >= 4 is 18.1 Å². The average Bonchev–Trinajstić information content (AvgIpc) is 2.94. The molecule has 9 heteroatoms. The zero-order valence-corrected chi connectivity index (χ0v) is 13.8. The molecular weight excluding hydrogens is 347 g/mol. The number of alkyl halides is 3. The summed E-state index contributed by atoms with van der Waals surface area (Å²) in [6.07, 6.45) is -1.28. The van der Waals surface area contributed by atoms with Gasteiger partial charge in [0.15, 0.2) is 0 Å². The van der Waals surface area contributed by atoms with Crippen LogP contribution in [0.1, 0.15) is 46.4 Å². The molecule has 0 saturated heterocycles. The largest absolute Gasteiger partial charge is 0.417 e. The Morgan fingerprint density at radius 2 is 2.15 bits per heavy atom. The third-order valence-corrected chi connectivity index (χ3v) is 4.47. The SMILES string of the molecule is C[C@@H]1CCc2c1cc(C(=O)Nc1ccc(C(F)(F)F)cn1)c(=N)n2C=N. The zero-order valence-electron chi connectivity index (χ0n) is 13.8. The van der Waals surface area contributed by atoms with E-state index in [1.807, 2.05) is 6.92 Å². The van der Waals surface area contributed by atoms with Crippen molar-refractivity contribution in [3.63, 3.8) is 0 Å². The van der Waals surface area contributed by atoms with Crippen molar-refractivity contribution in [3.05, 3.63) is 52.3 Å². The van der Waals surface area contributed by atoms with Crippen LogP contribution in [0.15, 0.2) is 24.4 Å². The van der Waals surface area contributed by atoms with Crippen LogP contribution in [0.25, 0.3) is 0 Å². The lowest BCUT2D eigenvalue weighted by molar-refractivity contribution is -0.137. The first kappa shape index (κ1) is 17.8. The Balaban J connectivity index is 1.92. The molecule has 0 aromatic carbocycles. The highest BCUT2D eigenvalue weighted by Gasteiger charge is 2.31. The van der Waals surface area contributed by atoms with E-state index in [1.54, 1.807) is 6.07 Å². The summed E-state index contributed by atoms with van der Waals surface area (Å²) in [6.45, 7) is 2.00. The van der Waals surface area contributed by atoms with Gasteiger partial charge in [-0.25, -0.2) is 4.98 Å². The topological polar surface area (TPSA) is 94.6 Å². The standard InChI is InChI=1S/C17H16F3N5O/c1-9-2-4-13-11(9)6-12(15(22)25(13)8-21)16(26)24-14-5-3-10(7-23-14)17(18,19)20/h3,5-9,21-22H,2,4H2,1H3,(H,23,24,26)/t9-/m1/s1. The van der Waals surface area contributed by atoms with E-state index in [1.165, 1.54) is 4.57 Å². The summed E-state index contributed by atoms with van der Waals surface area (Å²) in [6, 6.07) is 3.51. The summed E-state index contributed by atoms with van der Waals surface area (Å²) in [5.74, 6) is -0.496. The number of nitrogens with one attached hydrogen (secondary N) is 3. The highest BCUT2D eigenvalue weighted by molar-refractivity contribution is 6.03. The van der Waals surface area contributed by atoms with E-state index in [2.05, 4.69) is 10.3 Å². The number of hydrogen-bond acceptors (Lipinski definition) is 4. The lowest BCUT2D eigenvalue weighted by Crippen LogP contribution is -2.31. The molecule has 0 bridgehead atoms. The predicted molar refractivity (Wildman–Crippen MR) is 88.4 cm³/mol. The van der Waals surface area contributed by atoms with Crippen molar-refractivity contribution in [2.45, 2.75) is 31.9 Å². The van der Waals surface area contributed by atoms with Crippen molar-refractivity contribution in [2.75, 3.05) is 5.32 Å². The number of aromatic nitrogens is 2. The number of nitrogens with zero attached hydrogens (tertiary/aromatic N) is 2. The van der Waals surface area contributed by atoms with Crippen LogP contribution in [-0.4, -0.2) is 21.8 Å². The molecular formula is C17H16F3N5O. The zero-order chi connectivity index (χ0) is 19.1. The molecule has 2 aromatic heterocycles. The van der Waals surface area contributed by atoms with E-state index in [4.69, 9.17) is 10.8 Å². The summed E-state index contributed by atoms with van der Waals surface area (Å²) in [5.41, 5.74) is 0.723. The Morgan fingerprint density at radius 3 is 2.73 bits per heavy atom. The second kappa shape index (κ2) is 6.40. The van der Waals surface area contributed by atoms with Crippen molar-refractivity contribution in [2.24, 2.45) is 0 Å². The monoisotopic (exact) mass is 363 g/mol. The molecule has 2 heterocycles. The molecule has 0 radical (unpaired) electrons. The Hall–Kier alpha value is -2.97. The fraction of sp³-hybridized carbons (Fsp3) is 0.294. The minimum Gasteiger partial charge on any atom is -0.306 e. The van der Waals surface area contributed by atoms with Crippen LogP contribution in [0.4, 0.5) is 19.0 Å². The van der Waals surface area contributed by atoms with Crippen LogP contribution < -0.4 is 10.8 Å². The van der Waals surface area contributed by atoms with E-state index in [0.717, 1.165) is 42.6 Å². The molecule has 136 valence electrons. The normalized spacial score (nSPS) is 16.2. The predicted octanol–water partition coefficient (Wildman–Crippen LogP) is 3.14. The Kier molecular flexibility index (Phi) is 4.39. The van der Waals surface area contributed by atoms with Crippen LogP contribution in [0, 0.1) is 10.8 Å². The molecule has 0 spiro atoms. The number of amides is 1. The smallest absolute Gasteiger partial charge is 0.306 e. The minimum atomic E-state index is -4.50. The van der Waals surface area contributed by atoms with Gasteiger partial charge in [0.1, 0.15) is 11.3 Å². The lowest BCUT2D eigenvalue weighted by Gasteiger charge is -2.13. The second-order valence-electron chi connectivity index (χ2n) is 6.13. The third kappa shape index (κ3) is 3.12. The fourth-order valence-corrected chi connectivity index (χ4v) is 3.05. The van der Waals surface area contributed by atoms with Crippen LogP contribution >= 0.6 is 0 Å². The number of pyridine rings is 2. The molecule has 0 aliphatic heterocycles. The minimum absolute atomic E-state index is 0.0441. The second-order valence-corrected chi connectivity index (χ2v) is 6.13. The van der Waals surface area contributed by atoms with E-state index < -0.39 is 17.6 Å². The molecule has 26 heavy (non-hydrogen) atoms. The van der Waals surface area contributed by atoms with Crippen LogP contribution in [0.2, 0.25) is 0 Å². The van der Waals surface area contributed by atoms with Gasteiger partial charge in [-0.2, -0.15) is 13.2 Å². The molecule has 3 rings (SSSR count). The summed E-state index contributed by atoms with van der Waals surface area (Å²) >= 11 is 0. The molecule has 0 saturated carbocycles. The van der Waals surface area contributed by atoms with Gasteiger partial charge in [-0.3, -0.25) is 20.2 Å². The molecule has 3 N–H and O–H groups in total. The van der Waals surface area contributed by atoms with Gasteiger partial charge in [0.25, 0.3) is 5.91 Å². The van der Waals surface area contributed by atoms with Crippen LogP contribution in [0.5, 0.6) is 0 Å². The summed E-state index contributed by atoms with van der Waals surface area (Å²) in [5, 5.41) is 18.1. The number of fused-ring (bicyclic) bond motifs is 1. The summed E-state index contributed by atoms with van der Waals surface area (Å²) < 4.78 is 39.1. The maximum atomic E-state index is 12.6. The summed E-state index contributed by atoms with van der Waals surface area (Å²) in [4.78, 5) is 16.1. The third-order valence-electron chi connectivity index (χ3n) is 4.47. The van der Waals surface area contributed by atoms with Gasteiger partial charge >= 0.3 is 6.18 Å². The van der Waals surface area contributed by atoms with E-state index in [9.17, 15) is 18.0 Å². The molecule has 1 aliphatic rings. The van der Waals surface area contributed by atoms with Gasteiger partial charge in [0, 0.05) is 11.9 Å². The number of carbonyl (C=O) groups excluding carboxylic acids is 1. The maximum Gasteiger partial charge on any atom is 0.417 e. The van der Waals surface area contributed by atoms with Crippen molar-refractivity contribution in [1.29, 1.82) is 10.8 Å². The van der Waals surface area contributed by atoms with Crippen molar-refractivity contribution in [3.8, 4) is 0 Å². The van der Waals surface area contributed by atoms with Crippen LogP contribution in [-0.2, 0) is 12.6 Å². The number of rotatable bonds is 3. The number of hydrogen-bond donors (Lipinski definition) is 3. The number of halogens is 3. The first-order valence-electron chi connectivity index (χ1n) is 7.90. The molecule has 0 fully saturated rings. The van der Waals surface area contributed by atoms with Gasteiger partial charge in [-0.1, -0.05) is 6.92 Å². The van der Waals surface area contributed by atoms with Gasteiger partial charge in [-0.15, -0.1) is 0 Å². The van der Waals surface area contributed by atoms with E-state index in [0.29, 0.717) is 6.20 Å². The molecule has 1 atom stereocenters. The number of anilines is 1. The van der Waals surface area contributed by atoms with Gasteiger partial charge < -0.3 is 5.32 Å². The van der Waals surface area contributed by atoms with E-state index in [-0.39, 0.29) is 22.8 Å². The van der Waals surface area contributed by atoms with E-state index >= 15 is 0 Å². The van der Waals surface area contributed by atoms with Gasteiger partial charge in [0.05, 0.1) is 17.5 Å². The van der Waals surface area contributed by atoms with Crippen molar-refractivity contribution < 1.29 is 18.0 Å². The Morgan fingerprint density at radius 1 is 1.42 bits per heavy atom. The quantitative estimate of drug-likeness (QED) is 0.577. The van der Waals surface area contributed by atoms with Gasteiger partial charge in [-0.05, 0) is 42.5 Å².